The molecule has 2 aromatic rings. The summed E-state index contributed by atoms with van der Waals surface area (Å²) in [6.45, 7) is 0. The zero-order valence-electron chi connectivity index (χ0n) is 19.0. The third-order valence-corrected chi connectivity index (χ3v) is 8.91. The molecule has 4 saturated carbocycles. The van der Waals surface area contributed by atoms with Gasteiger partial charge in [0.05, 0.1) is 4.91 Å². The number of oxime groups is 1. The topological polar surface area (TPSA) is 70.9 Å². The first-order chi connectivity index (χ1) is 16.4. The Balaban J connectivity index is 1.36. The number of benzene rings is 2. The lowest BCUT2D eigenvalue weighted by Gasteiger charge is -2.57. The first-order valence-electron chi connectivity index (χ1n) is 11.9. The number of hydrogen-bond donors (Lipinski definition) is 2. The van der Waals surface area contributed by atoms with Crippen LogP contribution >= 0.6 is 11.8 Å². The van der Waals surface area contributed by atoms with E-state index in [1.807, 2.05) is 30.3 Å². The number of carbonyl (C=O) groups excluding carboxylic acids is 1. The summed E-state index contributed by atoms with van der Waals surface area (Å²) < 4.78 is 15.1. The van der Waals surface area contributed by atoms with Crippen LogP contribution in [-0.4, -0.2) is 23.3 Å². The molecule has 5 fully saturated rings. The molecule has 5 nitrogen and oxygen atoms in total. The Morgan fingerprint density at radius 1 is 1.12 bits per heavy atom. The fraction of sp³-hybridized carbons (Fsp3) is 0.407. The molecule has 4 aliphatic carbocycles. The minimum atomic E-state index is -0.557. The molecule has 1 amide bonds. The molecule has 2 aromatic carbocycles. The molecule has 1 saturated heterocycles. The summed E-state index contributed by atoms with van der Waals surface area (Å²) in [4.78, 5) is 17.5. The lowest BCUT2D eigenvalue weighted by Crippen LogP contribution is -2.48. The van der Waals surface area contributed by atoms with Crippen LogP contribution in [0.25, 0.3) is 17.2 Å². The average Bonchev–Trinajstić information content (AvgIpc) is 3.13. The highest BCUT2D eigenvalue weighted by Gasteiger charge is 2.52. The van der Waals surface area contributed by atoms with Crippen molar-refractivity contribution in [2.75, 3.05) is 7.11 Å². The van der Waals surface area contributed by atoms with Gasteiger partial charge in [0.1, 0.15) is 7.11 Å². The van der Waals surface area contributed by atoms with Gasteiger partial charge in [-0.3, -0.25) is 10.1 Å². The Morgan fingerprint density at radius 2 is 1.82 bits per heavy atom. The van der Waals surface area contributed by atoms with Crippen LogP contribution in [0.1, 0.15) is 49.7 Å². The number of carbonyl (C=O) groups is 1. The second-order valence-corrected chi connectivity index (χ2v) is 11.4. The van der Waals surface area contributed by atoms with Gasteiger partial charge in [-0.2, -0.15) is 0 Å². The molecule has 0 unspecified atom stereocenters. The Labute approximate surface area is 202 Å². The monoisotopic (exact) mass is 478 g/mol. The number of aromatic hydroxyl groups is 1. The maximum atomic E-state index is 15.1. The zero-order chi connectivity index (χ0) is 23.4. The van der Waals surface area contributed by atoms with Crippen LogP contribution in [0.2, 0.25) is 0 Å². The van der Waals surface area contributed by atoms with E-state index in [4.69, 9.17) is 4.84 Å². The highest BCUT2D eigenvalue weighted by molar-refractivity contribution is 8.18. The number of amidine groups is 1. The van der Waals surface area contributed by atoms with Crippen LogP contribution < -0.4 is 5.32 Å². The van der Waals surface area contributed by atoms with Gasteiger partial charge in [0.15, 0.2) is 11.6 Å². The molecular weight excluding hydrogens is 451 g/mol. The van der Waals surface area contributed by atoms with Crippen molar-refractivity contribution in [2.45, 2.75) is 43.9 Å². The van der Waals surface area contributed by atoms with Crippen molar-refractivity contribution >= 4 is 28.9 Å². The molecular formula is C27H27FN2O3S. The molecule has 176 valence electrons. The summed E-state index contributed by atoms with van der Waals surface area (Å²) >= 11 is 1.21. The third kappa shape index (κ3) is 3.70. The smallest absolute Gasteiger partial charge is 0.264 e. The molecule has 7 heteroatoms. The first kappa shape index (κ1) is 21.7. The zero-order valence-corrected chi connectivity index (χ0v) is 19.8. The van der Waals surface area contributed by atoms with Gasteiger partial charge in [-0.05, 0) is 114 Å². The number of phenols is 1. The first-order valence-corrected chi connectivity index (χ1v) is 12.7. The van der Waals surface area contributed by atoms with Crippen molar-refractivity contribution in [2.24, 2.45) is 22.9 Å². The van der Waals surface area contributed by atoms with Crippen LogP contribution in [-0.2, 0) is 15.0 Å². The van der Waals surface area contributed by atoms with Gasteiger partial charge in [0.2, 0.25) is 5.17 Å². The highest BCUT2D eigenvalue weighted by atomic mass is 32.2. The summed E-state index contributed by atoms with van der Waals surface area (Å²) in [7, 11) is 1.43. The number of amides is 1. The van der Waals surface area contributed by atoms with Gasteiger partial charge in [0.25, 0.3) is 5.91 Å². The van der Waals surface area contributed by atoms with Crippen molar-refractivity contribution in [3.8, 4) is 16.9 Å². The van der Waals surface area contributed by atoms with Crippen molar-refractivity contribution in [3.63, 3.8) is 0 Å². The summed E-state index contributed by atoms with van der Waals surface area (Å²) in [6.07, 6.45) is 8.83. The highest BCUT2D eigenvalue weighted by Crippen LogP contribution is 2.62. The molecule has 1 aliphatic heterocycles. The molecule has 7 rings (SSSR count). The van der Waals surface area contributed by atoms with Crippen LogP contribution in [0.5, 0.6) is 5.75 Å². The Kier molecular flexibility index (Phi) is 5.21. The summed E-state index contributed by atoms with van der Waals surface area (Å²) in [5.41, 5.74) is 3.13. The van der Waals surface area contributed by atoms with Crippen molar-refractivity contribution < 1.29 is 19.1 Å². The number of halogens is 1. The minimum absolute atomic E-state index is 0.106. The molecule has 0 aromatic heterocycles. The molecule has 2 N–H and O–H groups in total. The lowest BCUT2D eigenvalue weighted by atomic mass is 9.48. The Morgan fingerprint density at radius 3 is 2.50 bits per heavy atom. The van der Waals surface area contributed by atoms with E-state index in [0.717, 1.165) is 41.5 Å². The predicted octanol–water partition coefficient (Wildman–Crippen LogP) is 5.79. The number of phenolic OH excluding ortho intramolecular Hbond substituents is 1. The van der Waals surface area contributed by atoms with Gasteiger partial charge < -0.3 is 9.94 Å². The van der Waals surface area contributed by atoms with Gasteiger partial charge in [0, 0.05) is 5.56 Å². The van der Waals surface area contributed by atoms with Gasteiger partial charge in [-0.25, -0.2) is 4.39 Å². The van der Waals surface area contributed by atoms with E-state index in [0.29, 0.717) is 27.8 Å². The van der Waals surface area contributed by atoms with Gasteiger partial charge in [-0.15, -0.1) is 0 Å². The maximum Gasteiger partial charge on any atom is 0.264 e. The van der Waals surface area contributed by atoms with E-state index >= 15 is 4.39 Å². The summed E-state index contributed by atoms with van der Waals surface area (Å²) in [5, 5.41) is 17.7. The van der Waals surface area contributed by atoms with Crippen molar-refractivity contribution in [1.29, 1.82) is 0 Å². The number of rotatable bonds is 4. The number of nitrogens with one attached hydrogen (secondary N) is 1. The van der Waals surface area contributed by atoms with Crippen LogP contribution in [0.15, 0.2) is 46.5 Å². The number of hydrogen-bond acceptors (Lipinski definition) is 5. The fourth-order valence-electron chi connectivity index (χ4n) is 7.12. The average molecular weight is 479 g/mol. The van der Waals surface area contributed by atoms with E-state index in [-0.39, 0.29) is 17.1 Å². The van der Waals surface area contributed by atoms with E-state index in [2.05, 4.69) is 10.5 Å². The van der Waals surface area contributed by atoms with E-state index < -0.39 is 5.82 Å². The van der Waals surface area contributed by atoms with E-state index in [9.17, 15) is 9.90 Å². The second-order valence-electron chi connectivity index (χ2n) is 10.3. The molecule has 34 heavy (non-hydrogen) atoms. The number of thioether (sulfide) groups is 1. The largest absolute Gasteiger partial charge is 0.505 e. The predicted molar refractivity (Wildman–Crippen MR) is 132 cm³/mol. The van der Waals surface area contributed by atoms with E-state index in [1.54, 1.807) is 6.08 Å². The molecule has 5 aliphatic rings. The minimum Gasteiger partial charge on any atom is -0.505 e. The normalized spacial score (nSPS) is 31.9. The fourth-order valence-corrected chi connectivity index (χ4v) is 7.93. The van der Waals surface area contributed by atoms with Gasteiger partial charge >= 0.3 is 0 Å². The van der Waals surface area contributed by atoms with E-state index in [1.165, 1.54) is 44.2 Å². The maximum absolute atomic E-state index is 15.1. The quantitative estimate of drug-likeness (QED) is 0.431. The Hall–Kier alpha value is -2.80. The van der Waals surface area contributed by atoms with Crippen molar-refractivity contribution in [1.82, 2.24) is 5.32 Å². The third-order valence-electron chi connectivity index (χ3n) is 8.02. The van der Waals surface area contributed by atoms with Crippen molar-refractivity contribution in [3.05, 3.63) is 58.2 Å². The SMILES string of the molecule is CON=C1NC(=O)/C(=C\c2cccc(-c3cc(F)c(O)c(C45CC6CC(CC(C6)C4)C5)c3)c2)S1. The molecule has 4 bridgehead atoms. The Bertz CT molecular complexity index is 1200. The summed E-state index contributed by atoms with van der Waals surface area (Å²) in [5.74, 6) is 1.15. The van der Waals surface area contributed by atoms with Crippen LogP contribution in [0, 0.1) is 23.6 Å². The lowest BCUT2D eigenvalue weighted by molar-refractivity contribution is -0.115. The number of nitrogens with zero attached hydrogens (tertiary/aromatic N) is 1. The standard InChI is InChI=1S/C27H27FN2O3S/c1-33-30-26-29-25(32)23(34-26)9-15-3-2-4-19(8-15)20-10-21(24(31)22(28)11-20)27-12-16-5-17(13-27)7-18(6-16)14-27/h2-4,8-11,16-18,31H,5-7,12-14H2,1H3,(H,29,30,32)/b23-9+. The molecule has 0 atom stereocenters. The molecule has 0 radical (unpaired) electrons. The summed E-state index contributed by atoms with van der Waals surface area (Å²) in [6, 6.07) is 11.1. The molecule has 1 heterocycles. The van der Waals surface area contributed by atoms with Crippen LogP contribution in [0.3, 0.4) is 0 Å². The van der Waals surface area contributed by atoms with Crippen LogP contribution in [0.4, 0.5) is 4.39 Å². The molecule has 0 spiro atoms. The van der Waals surface area contributed by atoms with Gasteiger partial charge in [-0.1, -0.05) is 23.4 Å². The second kappa shape index (κ2) is 8.15.